The van der Waals surface area contributed by atoms with Crippen molar-refractivity contribution in [1.29, 1.82) is 0 Å². The molecule has 0 aliphatic rings. The fraction of sp³-hybridized carbons (Fsp3) is 0.263. The molecule has 9 heteroatoms. The summed E-state index contributed by atoms with van der Waals surface area (Å²) in [5.74, 6) is -0.350. The van der Waals surface area contributed by atoms with Crippen molar-refractivity contribution in [2.45, 2.75) is 19.5 Å². The Labute approximate surface area is 167 Å². The lowest BCUT2D eigenvalue weighted by molar-refractivity contribution is -0.121. The molecule has 3 amide bonds. The first-order chi connectivity index (χ1) is 13.5. The maximum absolute atomic E-state index is 12.1. The average Bonchev–Trinajstić information content (AvgIpc) is 3.39. The summed E-state index contributed by atoms with van der Waals surface area (Å²) in [6.07, 6.45) is 3.12. The Bertz CT molecular complexity index is 893. The van der Waals surface area contributed by atoms with Gasteiger partial charge in [0.25, 0.3) is 0 Å². The molecule has 1 aromatic carbocycles. The van der Waals surface area contributed by atoms with Crippen LogP contribution >= 0.6 is 11.3 Å². The largest absolute Gasteiger partial charge is 0.333 e. The number of imide groups is 1. The highest BCUT2D eigenvalue weighted by atomic mass is 32.1. The van der Waals surface area contributed by atoms with Crippen LogP contribution in [0.2, 0.25) is 0 Å². The second-order valence-electron chi connectivity index (χ2n) is 6.33. The summed E-state index contributed by atoms with van der Waals surface area (Å²) in [6, 6.07) is 11.2. The smallest absolute Gasteiger partial charge is 0.321 e. The van der Waals surface area contributed by atoms with E-state index in [4.69, 9.17) is 0 Å². The van der Waals surface area contributed by atoms with Crippen LogP contribution in [-0.4, -0.2) is 45.2 Å². The molecule has 2 heterocycles. The summed E-state index contributed by atoms with van der Waals surface area (Å²) in [4.78, 5) is 30.8. The highest BCUT2D eigenvalue weighted by Crippen LogP contribution is 2.19. The lowest BCUT2D eigenvalue weighted by Gasteiger charge is -2.24. The van der Waals surface area contributed by atoms with E-state index in [2.05, 4.69) is 20.7 Å². The van der Waals surface area contributed by atoms with Crippen molar-refractivity contribution in [3.63, 3.8) is 0 Å². The van der Waals surface area contributed by atoms with E-state index in [1.54, 1.807) is 22.3 Å². The molecule has 3 aromatic rings. The standard InChI is InChI=1S/C19H22N6O2S/c1-14(15-5-7-16(8-6-15)25-13-20-12-22-25)24(2)11-18(26)23-19(27)21-10-17-4-3-9-28-17/h3-9,12-14H,10-11H2,1-2H3,(H2,21,23,26,27)/t14-/m1/s1. The van der Waals surface area contributed by atoms with E-state index in [1.807, 2.05) is 60.6 Å². The predicted octanol–water partition coefficient (Wildman–Crippen LogP) is 2.35. The molecule has 146 valence electrons. The summed E-state index contributed by atoms with van der Waals surface area (Å²) in [5.41, 5.74) is 1.97. The van der Waals surface area contributed by atoms with Gasteiger partial charge in [0.2, 0.25) is 5.91 Å². The van der Waals surface area contributed by atoms with Crippen LogP contribution in [0.4, 0.5) is 4.79 Å². The van der Waals surface area contributed by atoms with Crippen molar-refractivity contribution in [1.82, 2.24) is 30.3 Å². The molecule has 0 saturated heterocycles. The van der Waals surface area contributed by atoms with E-state index >= 15 is 0 Å². The maximum atomic E-state index is 12.1. The average molecular weight is 398 g/mol. The van der Waals surface area contributed by atoms with Gasteiger partial charge in [0.1, 0.15) is 12.7 Å². The van der Waals surface area contributed by atoms with E-state index in [1.165, 1.54) is 6.33 Å². The van der Waals surface area contributed by atoms with Crippen molar-refractivity contribution in [2.24, 2.45) is 0 Å². The molecule has 0 spiro atoms. The number of nitrogens with one attached hydrogen (secondary N) is 2. The van der Waals surface area contributed by atoms with Crippen molar-refractivity contribution in [3.8, 4) is 5.69 Å². The number of urea groups is 1. The Morgan fingerprint density at radius 3 is 2.68 bits per heavy atom. The van der Waals surface area contributed by atoms with Gasteiger partial charge in [0, 0.05) is 10.9 Å². The molecular weight excluding hydrogens is 376 g/mol. The van der Waals surface area contributed by atoms with Gasteiger partial charge < -0.3 is 5.32 Å². The first-order valence-corrected chi connectivity index (χ1v) is 9.66. The molecule has 0 aliphatic heterocycles. The molecule has 3 rings (SSSR count). The summed E-state index contributed by atoms with van der Waals surface area (Å²) in [6.45, 7) is 2.52. The van der Waals surface area contributed by atoms with E-state index in [0.717, 1.165) is 16.1 Å². The van der Waals surface area contributed by atoms with E-state index in [0.29, 0.717) is 6.54 Å². The number of benzene rings is 1. The summed E-state index contributed by atoms with van der Waals surface area (Å²) < 4.78 is 1.68. The monoisotopic (exact) mass is 398 g/mol. The van der Waals surface area contributed by atoms with Crippen molar-refractivity contribution < 1.29 is 9.59 Å². The SMILES string of the molecule is C[C@H](c1ccc(-n2cncn2)cc1)N(C)CC(=O)NC(=O)NCc1cccs1. The third-order valence-corrected chi connectivity index (χ3v) is 5.25. The fourth-order valence-corrected chi connectivity index (χ4v) is 3.30. The molecule has 0 aliphatic carbocycles. The highest BCUT2D eigenvalue weighted by Gasteiger charge is 2.16. The number of aromatic nitrogens is 3. The Kier molecular flexibility index (Phi) is 6.51. The zero-order valence-corrected chi connectivity index (χ0v) is 16.5. The topological polar surface area (TPSA) is 92.2 Å². The van der Waals surface area contributed by atoms with Gasteiger partial charge >= 0.3 is 6.03 Å². The fourth-order valence-electron chi connectivity index (χ4n) is 2.66. The van der Waals surface area contributed by atoms with Crippen molar-refractivity contribution in [2.75, 3.05) is 13.6 Å². The number of rotatable bonds is 7. The van der Waals surface area contributed by atoms with Crippen LogP contribution in [0.25, 0.3) is 5.69 Å². The molecule has 0 bridgehead atoms. The number of hydrogen-bond donors (Lipinski definition) is 2. The van der Waals surface area contributed by atoms with Crippen LogP contribution < -0.4 is 10.6 Å². The molecule has 0 radical (unpaired) electrons. The first kappa shape index (κ1) is 19.7. The molecule has 0 saturated carbocycles. The van der Waals surface area contributed by atoms with Crippen LogP contribution in [0.15, 0.2) is 54.4 Å². The van der Waals surface area contributed by atoms with Gasteiger partial charge in [0.15, 0.2) is 0 Å². The van der Waals surface area contributed by atoms with E-state index < -0.39 is 6.03 Å². The van der Waals surface area contributed by atoms with Gasteiger partial charge in [-0.05, 0) is 43.1 Å². The van der Waals surface area contributed by atoms with Gasteiger partial charge in [-0.3, -0.25) is 15.0 Å². The lowest BCUT2D eigenvalue weighted by Crippen LogP contribution is -2.43. The van der Waals surface area contributed by atoms with Gasteiger partial charge in [-0.2, -0.15) is 5.10 Å². The molecule has 1 atom stereocenters. The number of nitrogens with zero attached hydrogens (tertiary/aromatic N) is 4. The van der Waals surface area contributed by atoms with Crippen molar-refractivity contribution in [3.05, 3.63) is 64.9 Å². The maximum Gasteiger partial charge on any atom is 0.321 e. The summed E-state index contributed by atoms with van der Waals surface area (Å²) in [5, 5.41) is 11.1. The van der Waals surface area contributed by atoms with Crippen LogP contribution in [0.1, 0.15) is 23.4 Å². The minimum absolute atomic E-state index is 0.00438. The quantitative estimate of drug-likeness (QED) is 0.637. The van der Waals surface area contributed by atoms with Crippen LogP contribution in [0.5, 0.6) is 0 Å². The third-order valence-electron chi connectivity index (χ3n) is 4.37. The predicted molar refractivity (Wildman–Crippen MR) is 107 cm³/mol. The van der Waals surface area contributed by atoms with Crippen LogP contribution in [0.3, 0.4) is 0 Å². The molecule has 2 N–H and O–H groups in total. The zero-order valence-electron chi connectivity index (χ0n) is 15.7. The number of likely N-dealkylation sites (N-methyl/N-ethyl adjacent to an activating group) is 1. The van der Waals surface area contributed by atoms with Crippen LogP contribution in [0, 0.1) is 0 Å². The molecule has 0 fully saturated rings. The summed E-state index contributed by atoms with van der Waals surface area (Å²) >= 11 is 1.55. The second kappa shape index (κ2) is 9.25. The van der Waals surface area contributed by atoms with Gasteiger partial charge in [-0.25, -0.2) is 14.5 Å². The molecule has 2 aromatic heterocycles. The van der Waals surface area contributed by atoms with Gasteiger partial charge in [-0.15, -0.1) is 11.3 Å². The van der Waals surface area contributed by atoms with E-state index in [9.17, 15) is 9.59 Å². The number of amides is 3. The highest BCUT2D eigenvalue weighted by molar-refractivity contribution is 7.09. The van der Waals surface area contributed by atoms with Crippen LogP contribution in [-0.2, 0) is 11.3 Å². The Morgan fingerprint density at radius 2 is 2.04 bits per heavy atom. The Balaban J connectivity index is 1.48. The van der Waals surface area contributed by atoms with E-state index in [-0.39, 0.29) is 18.5 Å². The molecule has 0 unspecified atom stereocenters. The number of thiophene rings is 1. The minimum Gasteiger partial charge on any atom is -0.333 e. The second-order valence-corrected chi connectivity index (χ2v) is 7.37. The molecule has 8 nitrogen and oxygen atoms in total. The Morgan fingerprint density at radius 1 is 1.25 bits per heavy atom. The van der Waals surface area contributed by atoms with Crippen molar-refractivity contribution >= 4 is 23.3 Å². The number of carbonyl (C=O) groups excluding carboxylic acids is 2. The number of hydrogen-bond acceptors (Lipinski definition) is 6. The first-order valence-electron chi connectivity index (χ1n) is 8.78. The molecule has 28 heavy (non-hydrogen) atoms. The Hall–Kier alpha value is -3.04. The molecular formula is C19H22N6O2S. The third kappa shape index (κ3) is 5.24. The normalized spacial score (nSPS) is 12.0. The van der Waals surface area contributed by atoms with Gasteiger partial charge in [0.05, 0.1) is 18.8 Å². The summed E-state index contributed by atoms with van der Waals surface area (Å²) in [7, 11) is 1.85. The number of carbonyl (C=O) groups is 2. The van der Waals surface area contributed by atoms with Gasteiger partial charge in [-0.1, -0.05) is 18.2 Å². The zero-order chi connectivity index (χ0) is 19.9. The lowest BCUT2D eigenvalue weighted by atomic mass is 10.1. The minimum atomic E-state index is -0.489.